The van der Waals surface area contributed by atoms with E-state index in [-0.39, 0.29) is 18.1 Å². The summed E-state index contributed by atoms with van der Waals surface area (Å²) in [5, 5.41) is 8.19. The van der Waals surface area contributed by atoms with Crippen molar-refractivity contribution in [2.45, 2.75) is 26.9 Å². The van der Waals surface area contributed by atoms with Crippen molar-refractivity contribution in [3.63, 3.8) is 0 Å². The van der Waals surface area contributed by atoms with Crippen LogP contribution in [0.3, 0.4) is 0 Å². The Labute approximate surface area is 156 Å². The number of hydrogen-bond acceptors (Lipinski definition) is 6. The molecule has 9 nitrogen and oxygen atoms in total. The predicted molar refractivity (Wildman–Crippen MR) is 104 cm³/mol. The van der Waals surface area contributed by atoms with Gasteiger partial charge in [-0.2, -0.15) is 0 Å². The molecule has 0 unspecified atom stereocenters. The van der Waals surface area contributed by atoms with Crippen molar-refractivity contribution in [2.75, 3.05) is 17.2 Å². The molecule has 0 aliphatic carbocycles. The second-order valence-electron chi connectivity index (χ2n) is 6.30. The summed E-state index contributed by atoms with van der Waals surface area (Å²) in [6, 6.07) is 9.47. The van der Waals surface area contributed by atoms with E-state index in [1.165, 1.54) is 4.57 Å². The van der Waals surface area contributed by atoms with Crippen LogP contribution in [-0.4, -0.2) is 30.9 Å². The number of benzene rings is 1. The zero-order valence-corrected chi connectivity index (χ0v) is 15.6. The first-order valence-electron chi connectivity index (χ1n) is 8.68. The van der Waals surface area contributed by atoms with E-state index in [0.717, 1.165) is 11.4 Å². The Morgan fingerprint density at radius 2 is 1.89 bits per heavy atom. The number of aryl methyl sites for hydroxylation is 1. The molecule has 2 heterocycles. The maximum Gasteiger partial charge on any atom is 0.330 e. The highest BCUT2D eigenvalue weighted by Crippen LogP contribution is 2.19. The van der Waals surface area contributed by atoms with Crippen molar-refractivity contribution in [1.82, 2.24) is 24.3 Å². The van der Waals surface area contributed by atoms with Crippen LogP contribution in [0.4, 0.5) is 11.5 Å². The third-order valence-corrected chi connectivity index (χ3v) is 4.61. The van der Waals surface area contributed by atoms with E-state index >= 15 is 0 Å². The third kappa shape index (κ3) is 3.62. The van der Waals surface area contributed by atoms with E-state index in [9.17, 15) is 9.59 Å². The van der Waals surface area contributed by atoms with Crippen molar-refractivity contribution in [3.8, 4) is 0 Å². The minimum absolute atomic E-state index is 0.133. The Morgan fingerprint density at radius 3 is 2.48 bits per heavy atom. The average Bonchev–Trinajstić information content (AvgIpc) is 2.97. The SMILES string of the molecule is CCN(Cc1nnc(C)n1C)c1c(N)n(Cc2ccccc2)c(=O)[nH]c1=O. The van der Waals surface area contributed by atoms with Gasteiger partial charge in [-0.1, -0.05) is 30.3 Å². The molecule has 3 N–H and O–H groups in total. The molecule has 0 saturated heterocycles. The monoisotopic (exact) mass is 369 g/mol. The van der Waals surface area contributed by atoms with Crippen molar-refractivity contribution in [1.29, 1.82) is 0 Å². The number of rotatable bonds is 6. The Balaban J connectivity index is 2.03. The first kappa shape index (κ1) is 18.4. The van der Waals surface area contributed by atoms with Gasteiger partial charge in [0.1, 0.15) is 17.3 Å². The van der Waals surface area contributed by atoms with Gasteiger partial charge in [-0.25, -0.2) is 4.79 Å². The number of nitrogens with zero attached hydrogens (tertiary/aromatic N) is 5. The zero-order valence-electron chi connectivity index (χ0n) is 15.6. The van der Waals surface area contributed by atoms with E-state index in [0.29, 0.717) is 18.9 Å². The fraction of sp³-hybridized carbons (Fsp3) is 0.333. The number of H-pyrrole nitrogens is 1. The number of nitrogens with two attached hydrogens (primary N) is 1. The molecule has 3 aromatic rings. The molecular weight excluding hydrogens is 346 g/mol. The van der Waals surface area contributed by atoms with Crippen LogP contribution in [-0.2, 0) is 20.1 Å². The normalized spacial score (nSPS) is 10.9. The van der Waals surface area contributed by atoms with Gasteiger partial charge in [0.15, 0.2) is 5.82 Å². The topological polar surface area (TPSA) is 115 Å². The summed E-state index contributed by atoms with van der Waals surface area (Å²) in [4.78, 5) is 29.0. The lowest BCUT2D eigenvalue weighted by molar-refractivity contribution is 0.694. The molecule has 9 heteroatoms. The number of aromatic amines is 1. The van der Waals surface area contributed by atoms with Gasteiger partial charge in [0, 0.05) is 13.6 Å². The molecule has 0 radical (unpaired) electrons. The quantitative estimate of drug-likeness (QED) is 0.659. The number of hydrogen-bond donors (Lipinski definition) is 2. The number of anilines is 2. The average molecular weight is 369 g/mol. The smallest absolute Gasteiger partial charge is 0.330 e. The van der Waals surface area contributed by atoms with Crippen LogP contribution < -0.4 is 21.9 Å². The van der Waals surface area contributed by atoms with Crippen LogP contribution in [0.1, 0.15) is 24.1 Å². The minimum atomic E-state index is -0.532. The molecule has 2 aromatic heterocycles. The van der Waals surface area contributed by atoms with E-state index < -0.39 is 11.2 Å². The summed E-state index contributed by atoms with van der Waals surface area (Å²) >= 11 is 0. The Hall–Kier alpha value is -3.36. The van der Waals surface area contributed by atoms with Crippen molar-refractivity contribution in [2.24, 2.45) is 7.05 Å². The third-order valence-electron chi connectivity index (χ3n) is 4.61. The lowest BCUT2D eigenvalue weighted by atomic mass is 10.2. The summed E-state index contributed by atoms with van der Waals surface area (Å²) in [6.07, 6.45) is 0. The van der Waals surface area contributed by atoms with Gasteiger partial charge < -0.3 is 15.2 Å². The maximum absolute atomic E-state index is 12.5. The summed E-state index contributed by atoms with van der Waals surface area (Å²) < 4.78 is 3.23. The van der Waals surface area contributed by atoms with E-state index in [2.05, 4.69) is 15.2 Å². The van der Waals surface area contributed by atoms with Gasteiger partial charge in [-0.3, -0.25) is 14.3 Å². The van der Waals surface area contributed by atoms with E-state index in [4.69, 9.17) is 5.73 Å². The lowest BCUT2D eigenvalue weighted by Gasteiger charge is -2.24. The number of nitrogens with one attached hydrogen (secondary N) is 1. The highest BCUT2D eigenvalue weighted by molar-refractivity contribution is 5.62. The molecule has 0 amide bonds. The zero-order chi connectivity index (χ0) is 19.6. The fourth-order valence-electron chi connectivity index (χ4n) is 2.91. The number of aromatic nitrogens is 5. The summed E-state index contributed by atoms with van der Waals surface area (Å²) in [5.74, 6) is 1.61. The molecular formula is C18H23N7O2. The Kier molecular flexibility index (Phi) is 5.11. The Morgan fingerprint density at radius 1 is 1.19 bits per heavy atom. The van der Waals surface area contributed by atoms with Crippen molar-refractivity contribution in [3.05, 3.63) is 68.4 Å². The second-order valence-corrected chi connectivity index (χ2v) is 6.30. The fourth-order valence-corrected chi connectivity index (χ4v) is 2.91. The first-order valence-corrected chi connectivity index (χ1v) is 8.68. The van der Waals surface area contributed by atoms with Crippen LogP contribution in [0.15, 0.2) is 39.9 Å². The van der Waals surface area contributed by atoms with Gasteiger partial charge >= 0.3 is 5.69 Å². The van der Waals surface area contributed by atoms with Crippen LogP contribution in [0.5, 0.6) is 0 Å². The lowest BCUT2D eigenvalue weighted by Crippen LogP contribution is -2.38. The van der Waals surface area contributed by atoms with Crippen LogP contribution in [0, 0.1) is 6.92 Å². The minimum Gasteiger partial charge on any atom is -0.383 e. The highest BCUT2D eigenvalue weighted by atomic mass is 16.2. The Bertz CT molecular complexity index is 1050. The van der Waals surface area contributed by atoms with E-state index in [1.54, 1.807) is 4.90 Å². The van der Waals surface area contributed by atoms with Crippen molar-refractivity contribution < 1.29 is 0 Å². The molecule has 142 valence electrons. The predicted octanol–water partition coefficient (Wildman–Crippen LogP) is 0.631. The van der Waals surface area contributed by atoms with Gasteiger partial charge in [0.05, 0.1) is 13.1 Å². The van der Waals surface area contributed by atoms with E-state index in [1.807, 2.05) is 55.8 Å². The van der Waals surface area contributed by atoms with Crippen LogP contribution in [0.2, 0.25) is 0 Å². The van der Waals surface area contributed by atoms with Gasteiger partial charge in [0.25, 0.3) is 5.56 Å². The molecule has 0 bridgehead atoms. The summed E-state index contributed by atoms with van der Waals surface area (Å²) in [5.41, 5.74) is 6.39. The first-order chi connectivity index (χ1) is 12.9. The molecule has 3 rings (SSSR count). The van der Waals surface area contributed by atoms with Gasteiger partial charge in [0.2, 0.25) is 0 Å². The van der Waals surface area contributed by atoms with Crippen LogP contribution >= 0.6 is 0 Å². The van der Waals surface area contributed by atoms with Gasteiger partial charge in [-0.05, 0) is 19.4 Å². The molecule has 27 heavy (non-hydrogen) atoms. The maximum atomic E-state index is 12.5. The molecule has 0 atom stereocenters. The summed E-state index contributed by atoms with van der Waals surface area (Å²) in [6.45, 7) is 4.91. The van der Waals surface area contributed by atoms with Crippen molar-refractivity contribution >= 4 is 11.5 Å². The highest BCUT2D eigenvalue weighted by Gasteiger charge is 2.20. The number of nitrogen functional groups attached to an aromatic ring is 1. The van der Waals surface area contributed by atoms with Crippen LogP contribution in [0.25, 0.3) is 0 Å². The standard InChI is InChI=1S/C18H23N7O2/c1-4-24(11-14-22-21-12(2)23(14)3)15-16(19)25(18(27)20-17(15)26)10-13-8-6-5-7-9-13/h5-9H,4,10-11,19H2,1-3H3,(H,20,26,27). The molecule has 0 saturated carbocycles. The second kappa shape index (κ2) is 7.48. The molecule has 0 aliphatic heterocycles. The molecule has 1 aromatic carbocycles. The molecule has 0 aliphatic rings. The largest absolute Gasteiger partial charge is 0.383 e. The van der Waals surface area contributed by atoms with Gasteiger partial charge in [-0.15, -0.1) is 10.2 Å². The molecule has 0 spiro atoms. The molecule has 0 fully saturated rings. The summed E-state index contributed by atoms with van der Waals surface area (Å²) in [7, 11) is 1.86.